The fourth-order valence-electron chi connectivity index (χ4n) is 2.81. The monoisotopic (exact) mass is 339 g/mol. The summed E-state index contributed by atoms with van der Waals surface area (Å²) in [5.74, 6) is 1.22. The third-order valence-electron chi connectivity index (χ3n) is 4.00. The molecule has 130 valence electrons. The van der Waals surface area contributed by atoms with Crippen molar-refractivity contribution in [1.82, 2.24) is 15.1 Å². The molecule has 0 aliphatic carbocycles. The minimum Gasteiger partial charge on any atom is -0.497 e. The number of furan rings is 1. The van der Waals surface area contributed by atoms with Crippen LogP contribution in [-0.4, -0.2) is 29.3 Å². The van der Waals surface area contributed by atoms with Gasteiger partial charge < -0.3 is 14.5 Å². The van der Waals surface area contributed by atoms with E-state index in [1.54, 1.807) is 37.6 Å². The highest BCUT2D eigenvalue weighted by molar-refractivity contribution is 5.94. The molecule has 3 rings (SSSR count). The van der Waals surface area contributed by atoms with Crippen molar-refractivity contribution >= 4 is 5.91 Å². The Bertz CT molecular complexity index is 853. The summed E-state index contributed by atoms with van der Waals surface area (Å²) in [5.41, 5.74) is 2.48. The van der Waals surface area contributed by atoms with Gasteiger partial charge in [-0.2, -0.15) is 5.10 Å². The molecule has 0 aliphatic rings. The molecule has 0 bridgehead atoms. The maximum atomic E-state index is 12.5. The molecule has 1 N–H and O–H groups in total. The number of benzene rings is 1. The standard InChI is InChI=1S/C19H21N3O3/c1-13-10-14(2)22(21-13)17(18-8-5-9-25-18)12-20-19(23)15-6-4-7-16(11-15)24-3/h4-11,17H,12H2,1-3H3,(H,20,23). The van der Waals surface area contributed by atoms with Crippen LogP contribution in [-0.2, 0) is 0 Å². The van der Waals surface area contributed by atoms with E-state index >= 15 is 0 Å². The predicted molar refractivity (Wildman–Crippen MR) is 93.9 cm³/mol. The molecule has 0 spiro atoms. The van der Waals surface area contributed by atoms with Crippen LogP contribution in [0.5, 0.6) is 5.75 Å². The van der Waals surface area contributed by atoms with Gasteiger partial charge in [-0.3, -0.25) is 9.48 Å². The maximum Gasteiger partial charge on any atom is 0.251 e. The summed E-state index contributed by atoms with van der Waals surface area (Å²) in [4.78, 5) is 12.5. The van der Waals surface area contributed by atoms with Gasteiger partial charge in [-0.1, -0.05) is 6.07 Å². The molecule has 1 amide bonds. The fourth-order valence-corrected chi connectivity index (χ4v) is 2.81. The van der Waals surface area contributed by atoms with Gasteiger partial charge in [0.05, 0.1) is 19.1 Å². The molecular weight excluding hydrogens is 318 g/mol. The number of hydrogen-bond acceptors (Lipinski definition) is 4. The van der Waals surface area contributed by atoms with Gasteiger partial charge in [0.1, 0.15) is 17.6 Å². The number of ether oxygens (including phenoxy) is 1. The van der Waals surface area contributed by atoms with Crippen LogP contribution < -0.4 is 10.1 Å². The normalized spacial score (nSPS) is 12.0. The number of nitrogens with one attached hydrogen (secondary N) is 1. The van der Waals surface area contributed by atoms with Crippen LogP contribution in [0.2, 0.25) is 0 Å². The van der Waals surface area contributed by atoms with Gasteiger partial charge in [0.25, 0.3) is 5.91 Å². The molecule has 0 aliphatic heterocycles. The highest BCUT2D eigenvalue weighted by Gasteiger charge is 2.21. The number of methoxy groups -OCH3 is 1. The van der Waals surface area contributed by atoms with Crippen LogP contribution in [0.4, 0.5) is 0 Å². The van der Waals surface area contributed by atoms with E-state index in [1.165, 1.54) is 0 Å². The van der Waals surface area contributed by atoms with Crippen molar-refractivity contribution in [3.63, 3.8) is 0 Å². The van der Waals surface area contributed by atoms with E-state index < -0.39 is 0 Å². The van der Waals surface area contributed by atoms with Crippen LogP contribution in [0.25, 0.3) is 0 Å². The van der Waals surface area contributed by atoms with Crippen LogP contribution in [0.3, 0.4) is 0 Å². The smallest absolute Gasteiger partial charge is 0.251 e. The fraction of sp³-hybridized carbons (Fsp3) is 0.263. The molecule has 1 aromatic carbocycles. The number of hydrogen-bond donors (Lipinski definition) is 1. The molecule has 0 saturated carbocycles. The Balaban J connectivity index is 1.79. The Kier molecular flexibility index (Phi) is 4.88. The summed E-state index contributed by atoms with van der Waals surface area (Å²) in [6.07, 6.45) is 1.62. The minimum absolute atomic E-state index is 0.169. The van der Waals surface area contributed by atoms with E-state index in [-0.39, 0.29) is 11.9 Å². The quantitative estimate of drug-likeness (QED) is 0.749. The Morgan fingerprint density at radius 1 is 1.28 bits per heavy atom. The second kappa shape index (κ2) is 7.25. The first-order chi connectivity index (χ1) is 12.1. The lowest BCUT2D eigenvalue weighted by Crippen LogP contribution is -2.32. The van der Waals surface area contributed by atoms with Crippen molar-refractivity contribution in [2.24, 2.45) is 0 Å². The van der Waals surface area contributed by atoms with Crippen LogP contribution in [0.1, 0.15) is 33.5 Å². The predicted octanol–water partition coefficient (Wildman–Crippen LogP) is 3.12. The summed E-state index contributed by atoms with van der Waals surface area (Å²) >= 11 is 0. The van der Waals surface area contributed by atoms with Gasteiger partial charge >= 0.3 is 0 Å². The van der Waals surface area contributed by atoms with Gasteiger partial charge in [-0.25, -0.2) is 0 Å². The van der Waals surface area contributed by atoms with Gasteiger partial charge in [-0.15, -0.1) is 0 Å². The number of carbonyl (C=O) groups excluding carboxylic acids is 1. The third-order valence-corrected chi connectivity index (χ3v) is 4.00. The molecule has 2 heterocycles. The topological polar surface area (TPSA) is 69.3 Å². The zero-order valence-electron chi connectivity index (χ0n) is 14.5. The van der Waals surface area contributed by atoms with Crippen molar-refractivity contribution in [3.8, 4) is 5.75 Å². The van der Waals surface area contributed by atoms with Gasteiger partial charge in [0.15, 0.2) is 0 Å². The summed E-state index contributed by atoms with van der Waals surface area (Å²) in [6, 6.07) is 12.6. The lowest BCUT2D eigenvalue weighted by atomic mass is 10.1. The molecule has 0 radical (unpaired) electrons. The van der Waals surface area contributed by atoms with Crippen molar-refractivity contribution in [2.75, 3.05) is 13.7 Å². The number of aryl methyl sites for hydroxylation is 2. The second-order valence-electron chi connectivity index (χ2n) is 5.84. The zero-order valence-corrected chi connectivity index (χ0v) is 14.5. The maximum absolute atomic E-state index is 12.5. The SMILES string of the molecule is COc1cccc(C(=O)NCC(c2ccco2)n2nc(C)cc2C)c1. The Labute approximate surface area is 146 Å². The number of rotatable bonds is 6. The number of nitrogens with zero attached hydrogens (tertiary/aromatic N) is 2. The van der Waals surface area contributed by atoms with Crippen molar-refractivity contribution in [3.05, 3.63) is 71.4 Å². The van der Waals surface area contributed by atoms with Crippen molar-refractivity contribution in [1.29, 1.82) is 0 Å². The van der Waals surface area contributed by atoms with E-state index in [0.29, 0.717) is 17.9 Å². The van der Waals surface area contributed by atoms with Crippen LogP contribution in [0, 0.1) is 13.8 Å². The number of aromatic nitrogens is 2. The lowest BCUT2D eigenvalue weighted by Gasteiger charge is -2.18. The molecule has 6 heteroatoms. The van der Waals surface area contributed by atoms with E-state index in [4.69, 9.17) is 9.15 Å². The molecule has 25 heavy (non-hydrogen) atoms. The number of carbonyl (C=O) groups is 1. The Morgan fingerprint density at radius 2 is 2.12 bits per heavy atom. The molecular formula is C19H21N3O3. The first-order valence-electron chi connectivity index (χ1n) is 8.07. The average Bonchev–Trinajstić information content (AvgIpc) is 3.25. The van der Waals surface area contributed by atoms with Crippen LogP contribution in [0.15, 0.2) is 53.1 Å². The summed E-state index contributed by atoms with van der Waals surface area (Å²) in [5, 5.41) is 7.49. The van der Waals surface area contributed by atoms with Crippen LogP contribution >= 0.6 is 0 Å². The molecule has 1 unspecified atom stereocenters. The Hall–Kier alpha value is -3.02. The zero-order chi connectivity index (χ0) is 17.8. The van der Waals surface area contributed by atoms with Gasteiger partial charge in [-0.05, 0) is 50.2 Å². The number of amides is 1. The van der Waals surface area contributed by atoms with E-state index in [2.05, 4.69) is 10.4 Å². The summed E-state index contributed by atoms with van der Waals surface area (Å²) in [7, 11) is 1.58. The molecule has 2 aromatic heterocycles. The first kappa shape index (κ1) is 16.8. The molecule has 6 nitrogen and oxygen atoms in total. The molecule has 1 atom stereocenters. The average molecular weight is 339 g/mol. The Morgan fingerprint density at radius 3 is 2.76 bits per heavy atom. The molecule has 0 fully saturated rings. The van der Waals surface area contributed by atoms with E-state index in [9.17, 15) is 4.79 Å². The van der Waals surface area contributed by atoms with Gasteiger partial charge in [0.2, 0.25) is 0 Å². The van der Waals surface area contributed by atoms with E-state index in [1.807, 2.05) is 36.7 Å². The van der Waals surface area contributed by atoms with E-state index in [0.717, 1.165) is 17.1 Å². The largest absolute Gasteiger partial charge is 0.497 e. The second-order valence-corrected chi connectivity index (χ2v) is 5.84. The first-order valence-corrected chi connectivity index (χ1v) is 8.07. The minimum atomic E-state index is -0.210. The molecule has 3 aromatic rings. The van der Waals surface area contributed by atoms with Gasteiger partial charge in [0, 0.05) is 17.8 Å². The highest BCUT2D eigenvalue weighted by Crippen LogP contribution is 2.20. The third kappa shape index (κ3) is 3.74. The summed E-state index contributed by atoms with van der Waals surface area (Å²) in [6.45, 7) is 4.29. The highest BCUT2D eigenvalue weighted by atomic mass is 16.5. The molecule has 0 saturated heterocycles. The van der Waals surface area contributed by atoms with Crippen molar-refractivity contribution < 1.29 is 13.9 Å². The lowest BCUT2D eigenvalue weighted by molar-refractivity contribution is 0.0947. The summed E-state index contributed by atoms with van der Waals surface area (Å²) < 4.78 is 12.6. The van der Waals surface area contributed by atoms with Crippen molar-refractivity contribution in [2.45, 2.75) is 19.9 Å².